The summed E-state index contributed by atoms with van der Waals surface area (Å²) in [6, 6.07) is 13.1. The van der Waals surface area contributed by atoms with E-state index in [-0.39, 0.29) is 17.7 Å². The number of benzene rings is 2. The van der Waals surface area contributed by atoms with Gasteiger partial charge in [0.15, 0.2) is 0 Å². The molecule has 110 valence electrons. The van der Waals surface area contributed by atoms with Crippen LogP contribution >= 0.6 is 11.8 Å². The maximum Gasteiger partial charge on any atom is 0.307 e. The first kappa shape index (κ1) is 15.5. The molecule has 0 aliphatic heterocycles. The van der Waals surface area contributed by atoms with Crippen LogP contribution in [0.2, 0.25) is 0 Å². The lowest BCUT2D eigenvalue weighted by atomic mass is 10.2. The van der Waals surface area contributed by atoms with Crippen molar-refractivity contribution in [1.82, 2.24) is 0 Å². The van der Waals surface area contributed by atoms with E-state index < -0.39 is 10.9 Å². The molecule has 0 bridgehead atoms. The Bertz CT molecular complexity index is 766. The molecule has 0 saturated carbocycles. The Morgan fingerprint density at radius 2 is 1.86 bits per heavy atom. The van der Waals surface area contributed by atoms with Crippen LogP contribution < -0.4 is 0 Å². The van der Waals surface area contributed by atoms with Crippen LogP contribution in [0.3, 0.4) is 0 Å². The summed E-state index contributed by atoms with van der Waals surface area (Å²) in [4.78, 5) is 22.4. The number of nitriles is 1. The van der Waals surface area contributed by atoms with Crippen LogP contribution in [0.5, 0.6) is 0 Å². The van der Waals surface area contributed by atoms with Crippen LogP contribution in [0.1, 0.15) is 11.1 Å². The summed E-state index contributed by atoms with van der Waals surface area (Å²) in [7, 11) is 0. The molecule has 2 rings (SSSR count). The smallest absolute Gasteiger partial charge is 0.307 e. The zero-order valence-electron chi connectivity index (χ0n) is 11.2. The van der Waals surface area contributed by atoms with E-state index >= 15 is 0 Å². The summed E-state index contributed by atoms with van der Waals surface area (Å²) < 4.78 is 0. The molecule has 0 fully saturated rings. The molecule has 22 heavy (non-hydrogen) atoms. The third kappa shape index (κ3) is 3.84. The minimum Gasteiger partial charge on any atom is -0.481 e. The molecule has 7 heteroatoms. The Morgan fingerprint density at radius 1 is 1.23 bits per heavy atom. The van der Waals surface area contributed by atoms with Crippen LogP contribution in [0, 0.1) is 21.4 Å². The standard InChI is InChI=1S/C15H10N2O4S/c16-9-11-8-13(5-6-14(11)17(20)21)22-12-3-1-10(2-4-12)7-15(18)19/h1-6,8H,7H2,(H,18,19). The summed E-state index contributed by atoms with van der Waals surface area (Å²) in [5.41, 5.74) is 0.486. The number of carbonyl (C=O) groups is 1. The summed E-state index contributed by atoms with van der Waals surface area (Å²) in [5.74, 6) is -0.894. The van der Waals surface area contributed by atoms with Gasteiger partial charge in [-0.1, -0.05) is 23.9 Å². The van der Waals surface area contributed by atoms with Crippen molar-refractivity contribution in [3.63, 3.8) is 0 Å². The van der Waals surface area contributed by atoms with Gasteiger partial charge in [0.2, 0.25) is 0 Å². The van der Waals surface area contributed by atoms with Gasteiger partial charge in [-0.3, -0.25) is 14.9 Å². The molecule has 0 aliphatic rings. The van der Waals surface area contributed by atoms with Gasteiger partial charge in [0.1, 0.15) is 11.6 Å². The van der Waals surface area contributed by atoms with Gasteiger partial charge in [0.25, 0.3) is 5.69 Å². The summed E-state index contributed by atoms with van der Waals surface area (Å²) in [5, 5.41) is 28.4. The highest BCUT2D eigenvalue weighted by Crippen LogP contribution is 2.31. The normalized spacial score (nSPS) is 9.95. The maximum absolute atomic E-state index is 10.8. The predicted molar refractivity (Wildman–Crippen MR) is 79.7 cm³/mol. The number of nitrogens with zero attached hydrogens (tertiary/aromatic N) is 2. The largest absolute Gasteiger partial charge is 0.481 e. The molecule has 1 N–H and O–H groups in total. The Hall–Kier alpha value is -2.85. The van der Waals surface area contributed by atoms with Crippen LogP contribution in [-0.2, 0) is 11.2 Å². The molecule has 0 atom stereocenters. The van der Waals surface area contributed by atoms with Crippen LogP contribution in [-0.4, -0.2) is 16.0 Å². The predicted octanol–water partition coefficient (Wildman–Crippen LogP) is 3.24. The molecule has 0 amide bonds. The summed E-state index contributed by atoms with van der Waals surface area (Å²) in [6.07, 6.45) is -0.0406. The maximum atomic E-state index is 10.8. The first-order valence-corrected chi connectivity index (χ1v) is 6.98. The second kappa shape index (κ2) is 6.74. The average molecular weight is 314 g/mol. The number of nitro benzene ring substituents is 1. The fourth-order valence-electron chi connectivity index (χ4n) is 1.81. The number of carboxylic acid groups (broad SMARTS) is 1. The zero-order chi connectivity index (χ0) is 16.1. The third-order valence-corrected chi connectivity index (χ3v) is 3.80. The van der Waals surface area contributed by atoms with Gasteiger partial charge < -0.3 is 5.11 Å². The number of hydrogen-bond donors (Lipinski definition) is 1. The Morgan fingerprint density at radius 3 is 2.41 bits per heavy atom. The topological polar surface area (TPSA) is 104 Å². The van der Waals surface area contributed by atoms with E-state index in [0.717, 1.165) is 4.90 Å². The van der Waals surface area contributed by atoms with Gasteiger partial charge in [-0.15, -0.1) is 0 Å². The van der Waals surface area contributed by atoms with E-state index in [4.69, 9.17) is 10.4 Å². The first-order valence-electron chi connectivity index (χ1n) is 6.16. The van der Waals surface area contributed by atoms with Crippen LogP contribution in [0.4, 0.5) is 5.69 Å². The molecule has 2 aromatic carbocycles. The fraction of sp³-hybridized carbons (Fsp3) is 0.0667. The molecular weight excluding hydrogens is 304 g/mol. The Balaban J connectivity index is 2.19. The van der Waals surface area contributed by atoms with Crippen molar-refractivity contribution in [2.75, 3.05) is 0 Å². The number of hydrogen-bond acceptors (Lipinski definition) is 5. The second-order valence-corrected chi connectivity index (χ2v) is 5.51. The van der Waals surface area contributed by atoms with Crippen molar-refractivity contribution in [3.05, 3.63) is 63.7 Å². The number of nitro groups is 1. The number of carboxylic acids is 1. The molecular formula is C15H10N2O4S. The first-order chi connectivity index (χ1) is 10.5. The van der Waals surface area contributed by atoms with Gasteiger partial charge in [-0.05, 0) is 29.8 Å². The quantitative estimate of drug-likeness (QED) is 0.671. The average Bonchev–Trinajstić information content (AvgIpc) is 2.48. The van der Waals surface area contributed by atoms with Crippen molar-refractivity contribution in [2.45, 2.75) is 16.2 Å². The van der Waals surface area contributed by atoms with Crippen molar-refractivity contribution in [2.24, 2.45) is 0 Å². The van der Waals surface area contributed by atoms with Crippen LogP contribution in [0.25, 0.3) is 0 Å². The van der Waals surface area contributed by atoms with Crippen molar-refractivity contribution >= 4 is 23.4 Å². The summed E-state index contributed by atoms with van der Waals surface area (Å²) in [6.45, 7) is 0. The zero-order valence-corrected chi connectivity index (χ0v) is 12.0. The van der Waals surface area contributed by atoms with E-state index in [0.29, 0.717) is 10.5 Å². The Labute approximate surface area is 130 Å². The number of rotatable bonds is 5. The fourth-order valence-corrected chi connectivity index (χ4v) is 2.67. The second-order valence-electron chi connectivity index (χ2n) is 4.36. The monoisotopic (exact) mass is 314 g/mol. The van der Waals surface area contributed by atoms with E-state index in [1.807, 2.05) is 6.07 Å². The SMILES string of the molecule is N#Cc1cc(Sc2ccc(CC(=O)O)cc2)ccc1[N+](=O)[O-]. The molecule has 2 aromatic rings. The van der Waals surface area contributed by atoms with E-state index in [1.54, 1.807) is 30.3 Å². The molecule has 0 saturated heterocycles. The minimum atomic E-state index is -0.894. The molecule has 0 aliphatic carbocycles. The molecule has 0 heterocycles. The van der Waals surface area contributed by atoms with Gasteiger partial charge >= 0.3 is 5.97 Å². The molecule has 0 unspecified atom stereocenters. The molecule has 0 spiro atoms. The van der Waals surface area contributed by atoms with Gasteiger partial charge in [-0.25, -0.2) is 0 Å². The lowest BCUT2D eigenvalue weighted by molar-refractivity contribution is -0.385. The van der Waals surface area contributed by atoms with Crippen molar-refractivity contribution in [3.8, 4) is 6.07 Å². The van der Waals surface area contributed by atoms with Gasteiger partial charge in [0, 0.05) is 15.9 Å². The van der Waals surface area contributed by atoms with Crippen LogP contribution in [0.15, 0.2) is 52.3 Å². The molecule has 0 aromatic heterocycles. The highest BCUT2D eigenvalue weighted by molar-refractivity contribution is 7.99. The minimum absolute atomic E-state index is 0.0116. The van der Waals surface area contributed by atoms with E-state index in [9.17, 15) is 14.9 Å². The van der Waals surface area contributed by atoms with E-state index in [2.05, 4.69) is 0 Å². The highest BCUT2D eigenvalue weighted by Gasteiger charge is 2.14. The molecule has 0 radical (unpaired) electrons. The van der Waals surface area contributed by atoms with Gasteiger partial charge in [0.05, 0.1) is 11.3 Å². The number of aliphatic carboxylic acids is 1. The lowest BCUT2D eigenvalue weighted by Gasteiger charge is -2.04. The third-order valence-electron chi connectivity index (χ3n) is 2.80. The Kier molecular flexibility index (Phi) is 4.76. The highest BCUT2D eigenvalue weighted by atomic mass is 32.2. The summed E-state index contributed by atoms with van der Waals surface area (Å²) >= 11 is 1.34. The lowest BCUT2D eigenvalue weighted by Crippen LogP contribution is -1.99. The van der Waals surface area contributed by atoms with E-state index in [1.165, 1.54) is 23.9 Å². The molecule has 6 nitrogen and oxygen atoms in total. The van der Waals surface area contributed by atoms with Gasteiger partial charge in [-0.2, -0.15) is 5.26 Å². The van der Waals surface area contributed by atoms with Crippen molar-refractivity contribution in [1.29, 1.82) is 5.26 Å². The van der Waals surface area contributed by atoms with Crippen molar-refractivity contribution < 1.29 is 14.8 Å².